The predicted molar refractivity (Wildman–Crippen MR) is 43.0 cm³/mol. The lowest BCUT2D eigenvalue weighted by Crippen LogP contribution is -2.10. The van der Waals surface area contributed by atoms with Gasteiger partial charge in [0, 0.05) is 19.3 Å². The van der Waals surface area contributed by atoms with Gasteiger partial charge in [0.25, 0.3) is 0 Å². The van der Waals surface area contributed by atoms with Gasteiger partial charge < -0.3 is 9.30 Å². The van der Waals surface area contributed by atoms with Crippen LogP contribution in [-0.2, 0) is 7.05 Å². The first-order valence-electron chi connectivity index (χ1n) is 3.96. The van der Waals surface area contributed by atoms with Crippen molar-refractivity contribution in [1.82, 2.24) is 4.57 Å². The molecule has 0 spiro atoms. The molecular formula is C8H11NO2. The Bertz CT molecular complexity index is 332. The molecule has 1 rings (SSSR count). The van der Waals surface area contributed by atoms with Crippen molar-refractivity contribution in [1.29, 1.82) is 0 Å². The van der Waals surface area contributed by atoms with E-state index in [-0.39, 0.29) is 18.3 Å². The molecule has 0 saturated heterocycles. The molecule has 60 valence electrons. The Morgan fingerprint density at radius 3 is 3.09 bits per heavy atom. The molecule has 0 amide bonds. The van der Waals surface area contributed by atoms with Crippen molar-refractivity contribution in [2.45, 2.75) is 6.92 Å². The summed E-state index contributed by atoms with van der Waals surface area (Å²) >= 11 is 0. The molecule has 0 unspecified atom stereocenters. The van der Waals surface area contributed by atoms with E-state index in [0.29, 0.717) is 0 Å². The van der Waals surface area contributed by atoms with Gasteiger partial charge in [0.1, 0.15) is 0 Å². The van der Waals surface area contributed by atoms with Crippen molar-refractivity contribution in [2.75, 3.05) is 7.09 Å². The van der Waals surface area contributed by atoms with Crippen molar-refractivity contribution in [3.63, 3.8) is 0 Å². The van der Waals surface area contributed by atoms with E-state index in [1.54, 1.807) is 17.7 Å². The summed E-state index contributed by atoms with van der Waals surface area (Å²) in [5.74, 6) is 0.273. The quantitative estimate of drug-likeness (QED) is 0.596. The molecule has 0 aromatic carbocycles. The highest BCUT2D eigenvalue weighted by atomic mass is 16.5. The summed E-state index contributed by atoms with van der Waals surface area (Å²) in [6.07, 6.45) is 1.68. The molecule has 1 aromatic rings. The van der Waals surface area contributed by atoms with Gasteiger partial charge in [-0.2, -0.15) is 0 Å². The number of aromatic nitrogens is 1. The Balaban J connectivity index is 3.23. The van der Waals surface area contributed by atoms with Crippen LogP contribution in [0.1, 0.15) is 7.06 Å². The molecule has 1 aromatic heterocycles. The molecule has 0 fully saturated rings. The molecular weight excluding hydrogens is 142 g/mol. The molecule has 3 heteroatoms. The number of ether oxygens (including phenoxy) is 1. The Hall–Kier alpha value is -1.25. The Morgan fingerprint density at radius 1 is 1.73 bits per heavy atom. The van der Waals surface area contributed by atoms with E-state index in [0.717, 1.165) is 5.69 Å². The van der Waals surface area contributed by atoms with Crippen LogP contribution in [0.25, 0.3) is 0 Å². The number of hydrogen-bond acceptors (Lipinski definition) is 2. The zero-order valence-corrected chi connectivity index (χ0v) is 6.63. The number of nitrogens with zero attached hydrogens (tertiary/aromatic N) is 1. The van der Waals surface area contributed by atoms with Crippen LogP contribution in [0.15, 0.2) is 17.1 Å². The first-order chi connectivity index (χ1) is 5.66. The molecule has 0 N–H and O–H groups in total. The molecule has 0 saturated carbocycles. The third-order valence-corrected chi connectivity index (χ3v) is 1.68. The third kappa shape index (κ3) is 1.27. The zero-order chi connectivity index (χ0) is 9.14. The summed E-state index contributed by atoms with van der Waals surface area (Å²) in [6.45, 7) is 1.78. The number of aryl methyl sites for hydroxylation is 1. The van der Waals surface area contributed by atoms with Crippen LogP contribution in [0.2, 0.25) is 0 Å². The van der Waals surface area contributed by atoms with Gasteiger partial charge in [-0.05, 0) is 6.92 Å². The highest BCUT2D eigenvalue weighted by Crippen LogP contribution is 2.08. The van der Waals surface area contributed by atoms with Crippen LogP contribution < -0.4 is 10.2 Å². The molecule has 0 aliphatic rings. The lowest BCUT2D eigenvalue weighted by Gasteiger charge is -2.07. The summed E-state index contributed by atoms with van der Waals surface area (Å²) in [7, 11) is 1.60. The van der Waals surface area contributed by atoms with Crippen LogP contribution in [0.4, 0.5) is 0 Å². The Kier molecular flexibility index (Phi) is 1.63. The average Bonchev–Trinajstić information content (AvgIpc) is 2.06. The summed E-state index contributed by atoms with van der Waals surface area (Å²) < 4.78 is 13.5. The molecule has 11 heavy (non-hydrogen) atoms. The predicted octanol–water partition coefficient (Wildman–Crippen LogP) is 0.702. The van der Waals surface area contributed by atoms with Gasteiger partial charge in [0.2, 0.25) is 5.43 Å². The fraction of sp³-hybridized carbons (Fsp3) is 0.375. The number of rotatable bonds is 1. The minimum Gasteiger partial charge on any atom is -0.491 e. The molecule has 0 atom stereocenters. The minimum atomic E-state index is -0.222. The van der Waals surface area contributed by atoms with Gasteiger partial charge in [0.05, 0.1) is 14.2 Å². The maximum atomic E-state index is 11.2. The minimum absolute atomic E-state index is 0.169. The van der Waals surface area contributed by atoms with E-state index < -0.39 is 0 Å². The van der Waals surface area contributed by atoms with E-state index in [2.05, 4.69) is 0 Å². The molecule has 1 heterocycles. The highest BCUT2D eigenvalue weighted by Gasteiger charge is 2.03. The SMILES string of the molecule is [2H]COc1c(C)n(C)ccc1=O. The molecule has 0 aliphatic carbocycles. The smallest absolute Gasteiger partial charge is 0.223 e. The first-order valence-corrected chi connectivity index (χ1v) is 3.25. The average molecular weight is 154 g/mol. The van der Waals surface area contributed by atoms with Gasteiger partial charge >= 0.3 is 0 Å². The van der Waals surface area contributed by atoms with Crippen molar-refractivity contribution in [2.24, 2.45) is 7.05 Å². The fourth-order valence-corrected chi connectivity index (χ4v) is 0.881. The molecule has 3 nitrogen and oxygen atoms in total. The van der Waals surface area contributed by atoms with Gasteiger partial charge in [-0.25, -0.2) is 0 Å². The van der Waals surface area contributed by atoms with Gasteiger partial charge in [-0.1, -0.05) is 0 Å². The van der Waals surface area contributed by atoms with E-state index in [1.807, 2.05) is 7.05 Å². The van der Waals surface area contributed by atoms with E-state index in [1.165, 1.54) is 6.07 Å². The zero-order valence-electron chi connectivity index (χ0n) is 7.63. The van der Waals surface area contributed by atoms with Crippen LogP contribution in [0, 0.1) is 6.92 Å². The highest BCUT2D eigenvalue weighted by molar-refractivity contribution is 5.26. The van der Waals surface area contributed by atoms with Gasteiger partial charge in [-0.3, -0.25) is 4.79 Å². The molecule has 0 radical (unpaired) electrons. The summed E-state index contributed by atoms with van der Waals surface area (Å²) in [6, 6.07) is 1.43. The standard InChI is InChI=1S/C8H11NO2/c1-6-8(11-3)7(10)4-5-9(6)2/h4-5H,1-3H3/i3D. The van der Waals surface area contributed by atoms with Gasteiger partial charge in [0.15, 0.2) is 5.75 Å². The third-order valence-electron chi connectivity index (χ3n) is 1.68. The fourth-order valence-electron chi connectivity index (χ4n) is 0.881. The summed E-state index contributed by atoms with van der Waals surface area (Å²) in [5.41, 5.74) is 0.576. The molecule has 0 aliphatic heterocycles. The van der Waals surface area contributed by atoms with Crippen LogP contribution in [0.3, 0.4) is 0 Å². The maximum Gasteiger partial charge on any atom is 0.223 e. The number of hydrogen-bond donors (Lipinski definition) is 0. The summed E-state index contributed by atoms with van der Waals surface area (Å²) in [5, 5.41) is 0. The number of methoxy groups -OCH3 is 1. The Morgan fingerprint density at radius 2 is 2.45 bits per heavy atom. The second-order valence-electron chi connectivity index (χ2n) is 2.35. The first kappa shape index (κ1) is 6.46. The van der Waals surface area contributed by atoms with Crippen molar-refractivity contribution in [3.05, 3.63) is 28.2 Å². The van der Waals surface area contributed by atoms with Crippen LogP contribution >= 0.6 is 0 Å². The maximum absolute atomic E-state index is 11.2. The van der Waals surface area contributed by atoms with Crippen LogP contribution in [-0.4, -0.2) is 11.7 Å². The van der Waals surface area contributed by atoms with E-state index >= 15 is 0 Å². The van der Waals surface area contributed by atoms with Crippen molar-refractivity contribution in [3.8, 4) is 5.75 Å². The molecule has 0 bridgehead atoms. The topological polar surface area (TPSA) is 31.2 Å². The Labute approximate surface area is 66.6 Å². The lowest BCUT2D eigenvalue weighted by atomic mass is 10.3. The van der Waals surface area contributed by atoms with Crippen molar-refractivity contribution >= 4 is 0 Å². The van der Waals surface area contributed by atoms with Gasteiger partial charge in [-0.15, -0.1) is 0 Å². The lowest BCUT2D eigenvalue weighted by molar-refractivity contribution is 0.402. The van der Waals surface area contributed by atoms with E-state index in [9.17, 15) is 4.79 Å². The van der Waals surface area contributed by atoms with Crippen LogP contribution in [0.5, 0.6) is 5.75 Å². The van der Waals surface area contributed by atoms with Crippen molar-refractivity contribution < 1.29 is 6.11 Å². The second kappa shape index (κ2) is 2.78. The summed E-state index contributed by atoms with van der Waals surface area (Å²) in [4.78, 5) is 11.2. The number of pyridine rings is 1. The van der Waals surface area contributed by atoms with E-state index in [4.69, 9.17) is 6.11 Å². The largest absolute Gasteiger partial charge is 0.491 e. The second-order valence-corrected chi connectivity index (χ2v) is 2.35. The normalized spacial score (nSPS) is 10.9. The monoisotopic (exact) mass is 154 g/mol.